The number of aromatic nitrogens is 1. The molecule has 4 nitrogen and oxygen atoms in total. The van der Waals surface area contributed by atoms with E-state index in [4.69, 9.17) is 0 Å². The highest BCUT2D eigenvalue weighted by Gasteiger charge is 2.22. The largest absolute Gasteiger partial charge is 0.350 e. The second-order valence-corrected chi connectivity index (χ2v) is 7.16. The summed E-state index contributed by atoms with van der Waals surface area (Å²) in [6.07, 6.45) is 1.69. The van der Waals surface area contributed by atoms with Crippen LogP contribution >= 0.6 is 0 Å². The molecular weight excluding hydrogens is 298 g/mol. The summed E-state index contributed by atoms with van der Waals surface area (Å²) in [5.41, 5.74) is 1.35. The smallest absolute Gasteiger partial charge is 0.185 e. The van der Waals surface area contributed by atoms with Gasteiger partial charge in [0.25, 0.3) is 0 Å². The second kappa shape index (κ2) is 5.42. The zero-order valence-corrected chi connectivity index (χ0v) is 12.9. The van der Waals surface area contributed by atoms with Gasteiger partial charge in [-0.15, -0.1) is 0 Å². The van der Waals surface area contributed by atoms with Gasteiger partial charge in [0.2, 0.25) is 0 Å². The minimum atomic E-state index is -3.63. The van der Waals surface area contributed by atoms with Crippen LogP contribution in [0, 0.1) is 0 Å². The highest BCUT2D eigenvalue weighted by atomic mass is 32.2. The van der Waals surface area contributed by atoms with E-state index in [2.05, 4.69) is 0 Å². The van der Waals surface area contributed by atoms with Crippen molar-refractivity contribution in [2.75, 3.05) is 5.75 Å². The first-order valence-corrected chi connectivity index (χ1v) is 8.49. The molecule has 0 unspecified atom stereocenters. The van der Waals surface area contributed by atoms with Crippen molar-refractivity contribution < 1.29 is 13.2 Å². The molecule has 0 saturated carbocycles. The standard InChI is InChI=1S/C17H15NO3S/c1-18-11-15(14-9-5-6-10-16(14)18)17(19)12-22(20,21)13-7-3-2-4-8-13/h2-11H,12H2,1H3. The number of fused-ring (bicyclic) bond motifs is 1. The third-order valence-corrected chi connectivity index (χ3v) is 5.25. The Kier molecular flexibility index (Phi) is 3.58. The van der Waals surface area contributed by atoms with E-state index in [0.717, 1.165) is 10.9 Å². The summed E-state index contributed by atoms with van der Waals surface area (Å²) in [7, 11) is -1.79. The maximum atomic E-state index is 12.5. The van der Waals surface area contributed by atoms with Crippen LogP contribution in [0.15, 0.2) is 65.7 Å². The molecule has 0 amide bonds. The van der Waals surface area contributed by atoms with Gasteiger partial charge in [-0.25, -0.2) is 8.42 Å². The third-order valence-electron chi connectivity index (χ3n) is 3.62. The Morgan fingerprint density at radius 1 is 1.00 bits per heavy atom. The molecule has 0 aliphatic rings. The zero-order valence-electron chi connectivity index (χ0n) is 12.1. The van der Waals surface area contributed by atoms with Crippen molar-refractivity contribution in [3.8, 4) is 0 Å². The molecule has 0 bridgehead atoms. The predicted molar refractivity (Wildman–Crippen MR) is 85.7 cm³/mol. The van der Waals surface area contributed by atoms with Crippen molar-refractivity contribution in [3.63, 3.8) is 0 Å². The lowest BCUT2D eigenvalue weighted by Crippen LogP contribution is -2.16. The number of nitrogens with zero attached hydrogens (tertiary/aromatic N) is 1. The van der Waals surface area contributed by atoms with Gasteiger partial charge in [-0.1, -0.05) is 36.4 Å². The molecule has 1 heterocycles. The molecule has 0 spiro atoms. The lowest BCUT2D eigenvalue weighted by Gasteiger charge is -2.03. The van der Waals surface area contributed by atoms with Gasteiger partial charge in [-0.05, 0) is 18.2 Å². The van der Waals surface area contributed by atoms with E-state index in [1.807, 2.05) is 35.9 Å². The average Bonchev–Trinajstić information content (AvgIpc) is 2.86. The highest BCUT2D eigenvalue weighted by molar-refractivity contribution is 7.92. The molecule has 1 aromatic heterocycles. The maximum absolute atomic E-state index is 12.5. The van der Waals surface area contributed by atoms with Gasteiger partial charge in [-0.3, -0.25) is 4.79 Å². The highest BCUT2D eigenvalue weighted by Crippen LogP contribution is 2.22. The monoisotopic (exact) mass is 313 g/mol. The summed E-state index contributed by atoms with van der Waals surface area (Å²) in [6, 6.07) is 15.5. The van der Waals surface area contributed by atoms with E-state index < -0.39 is 15.6 Å². The third kappa shape index (κ3) is 2.55. The van der Waals surface area contributed by atoms with Crippen LogP contribution < -0.4 is 0 Å². The fraction of sp³-hybridized carbons (Fsp3) is 0.118. The number of Topliss-reactive ketones (excluding diaryl/α,β-unsaturated/α-hetero) is 1. The number of rotatable bonds is 4. The number of aryl methyl sites for hydroxylation is 1. The van der Waals surface area contributed by atoms with Gasteiger partial charge in [0.15, 0.2) is 15.6 Å². The van der Waals surface area contributed by atoms with E-state index in [9.17, 15) is 13.2 Å². The lowest BCUT2D eigenvalue weighted by molar-refractivity contribution is 0.102. The molecule has 112 valence electrons. The van der Waals surface area contributed by atoms with Gasteiger partial charge in [0.1, 0.15) is 5.75 Å². The number of benzene rings is 2. The minimum absolute atomic E-state index is 0.170. The Hall–Kier alpha value is -2.40. The fourth-order valence-corrected chi connectivity index (χ4v) is 3.76. The Labute approximate surface area is 128 Å². The quantitative estimate of drug-likeness (QED) is 0.696. The molecule has 3 aromatic rings. The van der Waals surface area contributed by atoms with Gasteiger partial charge in [-0.2, -0.15) is 0 Å². The fourth-order valence-electron chi connectivity index (χ4n) is 2.53. The van der Waals surface area contributed by atoms with Crippen LogP contribution in [0.25, 0.3) is 10.9 Å². The van der Waals surface area contributed by atoms with Crippen LogP contribution in [0.2, 0.25) is 0 Å². The number of hydrogen-bond acceptors (Lipinski definition) is 3. The van der Waals surface area contributed by atoms with Crippen LogP contribution in [-0.2, 0) is 16.9 Å². The van der Waals surface area contributed by atoms with Crippen molar-refractivity contribution >= 4 is 26.5 Å². The van der Waals surface area contributed by atoms with Gasteiger partial charge in [0.05, 0.1) is 4.90 Å². The van der Waals surface area contributed by atoms with Crippen molar-refractivity contribution in [3.05, 3.63) is 66.4 Å². The number of sulfone groups is 1. The number of carbonyl (C=O) groups is 1. The summed E-state index contributed by atoms with van der Waals surface area (Å²) in [5, 5.41) is 0.776. The van der Waals surface area contributed by atoms with Crippen molar-refractivity contribution in [1.82, 2.24) is 4.57 Å². The molecular formula is C17H15NO3S. The summed E-state index contributed by atoms with van der Waals surface area (Å²) < 4.78 is 26.5. The van der Waals surface area contributed by atoms with Crippen molar-refractivity contribution in [1.29, 1.82) is 0 Å². The molecule has 22 heavy (non-hydrogen) atoms. The molecule has 5 heteroatoms. The van der Waals surface area contributed by atoms with E-state index in [1.165, 1.54) is 12.1 Å². The van der Waals surface area contributed by atoms with Gasteiger partial charge >= 0.3 is 0 Å². The molecule has 0 fully saturated rings. The first kappa shape index (κ1) is 14.5. The number of carbonyl (C=O) groups excluding carboxylic acids is 1. The normalized spacial score (nSPS) is 11.7. The molecule has 0 aliphatic carbocycles. The zero-order chi connectivity index (χ0) is 15.7. The van der Waals surface area contributed by atoms with Crippen LogP contribution in [0.4, 0.5) is 0 Å². The number of para-hydroxylation sites is 1. The summed E-state index contributed by atoms with van der Waals surface area (Å²) in [6.45, 7) is 0. The van der Waals surface area contributed by atoms with E-state index >= 15 is 0 Å². The summed E-state index contributed by atoms with van der Waals surface area (Å²) in [5.74, 6) is -0.911. The lowest BCUT2D eigenvalue weighted by atomic mass is 10.1. The van der Waals surface area contributed by atoms with E-state index in [1.54, 1.807) is 24.4 Å². The average molecular weight is 313 g/mol. The topological polar surface area (TPSA) is 56.1 Å². The first-order valence-electron chi connectivity index (χ1n) is 6.84. The molecule has 0 radical (unpaired) electrons. The van der Waals surface area contributed by atoms with Crippen molar-refractivity contribution in [2.45, 2.75) is 4.90 Å². The molecule has 3 rings (SSSR count). The second-order valence-electron chi connectivity index (χ2n) is 5.17. The molecule has 2 aromatic carbocycles. The van der Waals surface area contributed by atoms with Crippen LogP contribution in [0.5, 0.6) is 0 Å². The van der Waals surface area contributed by atoms with Crippen LogP contribution in [0.1, 0.15) is 10.4 Å². The van der Waals surface area contributed by atoms with Crippen LogP contribution in [-0.4, -0.2) is 24.5 Å². The molecule has 0 atom stereocenters. The predicted octanol–water partition coefficient (Wildman–Crippen LogP) is 2.83. The maximum Gasteiger partial charge on any atom is 0.185 e. The summed E-state index contributed by atoms with van der Waals surface area (Å²) >= 11 is 0. The first-order chi connectivity index (χ1) is 10.5. The van der Waals surface area contributed by atoms with Gasteiger partial charge < -0.3 is 4.57 Å². The van der Waals surface area contributed by atoms with E-state index in [-0.39, 0.29) is 10.7 Å². The van der Waals surface area contributed by atoms with Gasteiger partial charge in [0, 0.05) is 29.7 Å². The molecule has 0 N–H and O–H groups in total. The Morgan fingerprint density at radius 3 is 2.36 bits per heavy atom. The Balaban J connectivity index is 1.98. The molecule has 0 aliphatic heterocycles. The SMILES string of the molecule is Cn1cc(C(=O)CS(=O)(=O)c2ccccc2)c2ccccc21. The summed E-state index contributed by atoms with van der Waals surface area (Å²) in [4.78, 5) is 12.6. The van der Waals surface area contributed by atoms with E-state index in [0.29, 0.717) is 5.56 Å². The number of ketones is 1. The Morgan fingerprint density at radius 2 is 1.64 bits per heavy atom. The Bertz CT molecular complexity index is 940. The number of hydrogen-bond donors (Lipinski definition) is 0. The van der Waals surface area contributed by atoms with Crippen molar-refractivity contribution in [2.24, 2.45) is 7.05 Å². The van der Waals surface area contributed by atoms with Crippen LogP contribution in [0.3, 0.4) is 0 Å². The minimum Gasteiger partial charge on any atom is -0.350 e. The molecule has 0 saturated heterocycles.